The van der Waals surface area contributed by atoms with E-state index in [0.29, 0.717) is 6.04 Å². The summed E-state index contributed by atoms with van der Waals surface area (Å²) in [4.78, 5) is 5.86. The van der Waals surface area contributed by atoms with Gasteiger partial charge in [-0.05, 0) is 26.5 Å². The molecular formula is C11H20N2S2. The number of hydrogen-bond donors (Lipinski definition) is 1. The van der Waals surface area contributed by atoms with E-state index in [1.807, 2.05) is 11.8 Å². The van der Waals surface area contributed by atoms with E-state index in [0.717, 1.165) is 6.54 Å². The first-order valence-corrected chi connectivity index (χ1v) is 7.53. The molecule has 1 unspecified atom stereocenters. The Morgan fingerprint density at radius 3 is 2.67 bits per heavy atom. The Labute approximate surface area is 101 Å². The minimum Gasteiger partial charge on any atom is -0.307 e. The normalized spacial score (nSPS) is 13.1. The lowest BCUT2D eigenvalue weighted by molar-refractivity contribution is 0.540. The topological polar surface area (TPSA) is 24.9 Å². The predicted molar refractivity (Wildman–Crippen MR) is 70.9 cm³/mol. The summed E-state index contributed by atoms with van der Waals surface area (Å²) < 4.78 is 0. The van der Waals surface area contributed by atoms with Crippen molar-refractivity contribution in [1.82, 2.24) is 10.3 Å². The number of nitrogens with zero attached hydrogens (tertiary/aromatic N) is 1. The van der Waals surface area contributed by atoms with Gasteiger partial charge in [-0.3, -0.25) is 0 Å². The van der Waals surface area contributed by atoms with Gasteiger partial charge in [0.2, 0.25) is 0 Å². The van der Waals surface area contributed by atoms with Crippen molar-refractivity contribution in [3.05, 3.63) is 15.6 Å². The van der Waals surface area contributed by atoms with E-state index in [2.05, 4.69) is 37.3 Å². The summed E-state index contributed by atoms with van der Waals surface area (Å²) in [7, 11) is 0. The molecule has 1 atom stereocenters. The van der Waals surface area contributed by atoms with Gasteiger partial charge in [-0.2, -0.15) is 11.8 Å². The molecule has 0 bridgehead atoms. The molecule has 0 aromatic carbocycles. The molecule has 1 rings (SSSR count). The maximum absolute atomic E-state index is 4.53. The van der Waals surface area contributed by atoms with Gasteiger partial charge >= 0.3 is 0 Å². The number of aromatic nitrogens is 1. The molecule has 0 radical (unpaired) electrons. The van der Waals surface area contributed by atoms with E-state index < -0.39 is 0 Å². The van der Waals surface area contributed by atoms with Crippen LogP contribution in [0.2, 0.25) is 0 Å². The molecule has 0 spiro atoms. The highest BCUT2D eigenvalue weighted by molar-refractivity contribution is 7.98. The Hall–Kier alpha value is -0.0600. The number of rotatable bonds is 6. The molecule has 15 heavy (non-hydrogen) atoms. The fraction of sp³-hybridized carbons (Fsp3) is 0.727. The monoisotopic (exact) mass is 244 g/mol. The lowest BCUT2D eigenvalue weighted by atomic mass is 10.2. The summed E-state index contributed by atoms with van der Waals surface area (Å²) in [5.41, 5.74) is 1.18. The van der Waals surface area contributed by atoms with Crippen molar-refractivity contribution in [3.63, 3.8) is 0 Å². The highest BCUT2D eigenvalue weighted by atomic mass is 32.2. The van der Waals surface area contributed by atoms with E-state index in [-0.39, 0.29) is 0 Å². The number of aryl methyl sites for hydroxylation is 2. The van der Waals surface area contributed by atoms with Crippen molar-refractivity contribution in [2.75, 3.05) is 12.0 Å². The molecule has 86 valence electrons. The van der Waals surface area contributed by atoms with Crippen LogP contribution in [0.25, 0.3) is 0 Å². The molecule has 1 heterocycles. The number of hydrogen-bond acceptors (Lipinski definition) is 4. The van der Waals surface area contributed by atoms with Gasteiger partial charge in [-0.15, -0.1) is 11.3 Å². The zero-order valence-electron chi connectivity index (χ0n) is 9.96. The smallest absolute Gasteiger partial charge is 0.107 e. The maximum atomic E-state index is 4.53. The molecule has 0 amide bonds. The first-order chi connectivity index (χ1) is 7.17. The molecule has 0 saturated heterocycles. The van der Waals surface area contributed by atoms with Crippen molar-refractivity contribution >= 4 is 23.1 Å². The van der Waals surface area contributed by atoms with Crippen LogP contribution in [0.3, 0.4) is 0 Å². The lowest BCUT2D eigenvalue weighted by Crippen LogP contribution is -2.30. The van der Waals surface area contributed by atoms with Crippen molar-refractivity contribution in [2.45, 2.75) is 39.8 Å². The van der Waals surface area contributed by atoms with Crippen LogP contribution >= 0.6 is 23.1 Å². The largest absolute Gasteiger partial charge is 0.307 e. The summed E-state index contributed by atoms with van der Waals surface area (Å²) in [6.45, 7) is 7.36. The average Bonchev–Trinajstić information content (AvgIpc) is 2.53. The Bertz CT molecular complexity index is 277. The second-order valence-corrected chi connectivity index (χ2v) is 5.89. The highest BCUT2D eigenvalue weighted by Gasteiger charge is 2.07. The van der Waals surface area contributed by atoms with Crippen molar-refractivity contribution < 1.29 is 0 Å². The van der Waals surface area contributed by atoms with Gasteiger partial charge in [0.25, 0.3) is 0 Å². The van der Waals surface area contributed by atoms with Crippen LogP contribution in [0.1, 0.15) is 28.9 Å². The Balaban J connectivity index is 2.41. The van der Waals surface area contributed by atoms with Gasteiger partial charge in [0, 0.05) is 23.2 Å². The molecule has 0 aliphatic carbocycles. The molecule has 0 aliphatic rings. The number of thioether (sulfide) groups is 1. The molecule has 1 aromatic heterocycles. The van der Waals surface area contributed by atoms with Crippen LogP contribution in [-0.4, -0.2) is 23.0 Å². The molecule has 1 aromatic rings. The standard InChI is InChI=1S/C11H20N2S2/c1-5-10(7-14-4)12-6-11-13-8(2)9(3)15-11/h10,12H,5-7H2,1-4H3. The molecule has 2 nitrogen and oxygen atoms in total. The lowest BCUT2D eigenvalue weighted by Gasteiger charge is -2.14. The van der Waals surface area contributed by atoms with Crippen molar-refractivity contribution in [2.24, 2.45) is 0 Å². The molecular weight excluding hydrogens is 224 g/mol. The van der Waals surface area contributed by atoms with E-state index in [4.69, 9.17) is 0 Å². The van der Waals surface area contributed by atoms with Crippen molar-refractivity contribution in [3.8, 4) is 0 Å². The number of nitrogens with one attached hydrogen (secondary N) is 1. The summed E-state index contributed by atoms with van der Waals surface area (Å²) in [5, 5.41) is 4.77. The van der Waals surface area contributed by atoms with Crippen LogP contribution in [-0.2, 0) is 6.54 Å². The zero-order chi connectivity index (χ0) is 11.3. The first-order valence-electron chi connectivity index (χ1n) is 5.32. The minimum absolute atomic E-state index is 0.615. The van der Waals surface area contributed by atoms with Crippen molar-refractivity contribution in [1.29, 1.82) is 0 Å². The van der Waals surface area contributed by atoms with E-state index in [1.165, 1.54) is 27.8 Å². The maximum Gasteiger partial charge on any atom is 0.107 e. The third kappa shape index (κ3) is 4.13. The van der Waals surface area contributed by atoms with E-state index >= 15 is 0 Å². The second-order valence-electron chi connectivity index (χ2n) is 3.69. The van der Waals surface area contributed by atoms with Gasteiger partial charge in [-0.25, -0.2) is 4.98 Å². The Morgan fingerprint density at radius 1 is 1.47 bits per heavy atom. The third-order valence-corrected chi connectivity index (χ3v) is 4.28. The summed E-state index contributed by atoms with van der Waals surface area (Å²) in [6.07, 6.45) is 3.34. The fourth-order valence-electron chi connectivity index (χ4n) is 1.37. The molecule has 0 saturated carbocycles. The van der Waals surface area contributed by atoms with Gasteiger partial charge in [0.05, 0.1) is 5.69 Å². The number of thiazole rings is 1. The summed E-state index contributed by atoms with van der Waals surface area (Å²) in [5.74, 6) is 1.18. The van der Waals surface area contributed by atoms with Crippen LogP contribution < -0.4 is 5.32 Å². The Kier molecular flexibility index (Phi) is 5.64. The predicted octanol–water partition coefficient (Wildman–Crippen LogP) is 2.99. The zero-order valence-corrected chi connectivity index (χ0v) is 11.6. The van der Waals surface area contributed by atoms with Gasteiger partial charge in [0.15, 0.2) is 0 Å². The quantitative estimate of drug-likeness (QED) is 0.833. The van der Waals surface area contributed by atoms with Gasteiger partial charge in [-0.1, -0.05) is 6.92 Å². The van der Waals surface area contributed by atoms with Crippen LogP contribution in [0.4, 0.5) is 0 Å². The molecule has 4 heteroatoms. The van der Waals surface area contributed by atoms with Crippen LogP contribution in [0.15, 0.2) is 0 Å². The third-order valence-electron chi connectivity index (χ3n) is 2.48. The average molecular weight is 244 g/mol. The first kappa shape index (κ1) is 13.0. The molecule has 1 N–H and O–H groups in total. The minimum atomic E-state index is 0.615. The molecule has 0 aliphatic heterocycles. The second kappa shape index (κ2) is 6.51. The highest BCUT2D eigenvalue weighted by Crippen LogP contribution is 2.16. The Morgan fingerprint density at radius 2 is 2.20 bits per heavy atom. The van der Waals surface area contributed by atoms with E-state index in [9.17, 15) is 0 Å². The summed E-state index contributed by atoms with van der Waals surface area (Å²) in [6, 6.07) is 0.615. The van der Waals surface area contributed by atoms with E-state index in [1.54, 1.807) is 11.3 Å². The van der Waals surface area contributed by atoms with Crippen LogP contribution in [0, 0.1) is 13.8 Å². The van der Waals surface area contributed by atoms with Gasteiger partial charge in [0.1, 0.15) is 5.01 Å². The summed E-state index contributed by atoms with van der Waals surface area (Å²) >= 11 is 3.70. The molecule has 0 fully saturated rings. The van der Waals surface area contributed by atoms with Gasteiger partial charge < -0.3 is 5.32 Å². The SMILES string of the molecule is CCC(CSC)NCc1nc(C)c(C)s1. The van der Waals surface area contributed by atoms with Crippen LogP contribution in [0.5, 0.6) is 0 Å². The fourth-order valence-corrected chi connectivity index (χ4v) is 3.01.